The molecule has 2 N–H and O–H groups in total. The SMILES string of the molecule is Nc1ccc(-c2ccncn2)cn1. The van der Waals surface area contributed by atoms with Crippen LogP contribution in [0.3, 0.4) is 0 Å². The van der Waals surface area contributed by atoms with Gasteiger partial charge in [-0.3, -0.25) is 0 Å². The van der Waals surface area contributed by atoms with E-state index in [1.165, 1.54) is 6.33 Å². The molecule has 13 heavy (non-hydrogen) atoms. The van der Waals surface area contributed by atoms with Gasteiger partial charge in [-0.2, -0.15) is 0 Å². The minimum Gasteiger partial charge on any atom is -0.384 e. The maximum absolute atomic E-state index is 5.46. The number of aromatic nitrogens is 3. The first-order chi connectivity index (χ1) is 6.36. The Bertz CT molecular complexity index is 382. The molecule has 0 atom stereocenters. The summed E-state index contributed by atoms with van der Waals surface area (Å²) in [6, 6.07) is 5.45. The standard InChI is InChI=1S/C9H8N4/c10-9-2-1-7(5-12-9)8-3-4-11-6-13-8/h1-6H,(H2,10,12). The Morgan fingerprint density at radius 2 is 2.00 bits per heavy atom. The number of nitrogens with zero attached hydrogens (tertiary/aromatic N) is 3. The zero-order valence-electron chi connectivity index (χ0n) is 6.88. The third kappa shape index (κ3) is 1.61. The number of anilines is 1. The molecule has 0 radical (unpaired) electrons. The highest BCUT2D eigenvalue weighted by atomic mass is 14.8. The van der Waals surface area contributed by atoms with E-state index in [0.29, 0.717) is 5.82 Å². The van der Waals surface area contributed by atoms with Crippen molar-refractivity contribution >= 4 is 5.82 Å². The van der Waals surface area contributed by atoms with Gasteiger partial charge in [0.2, 0.25) is 0 Å². The number of nitrogens with two attached hydrogens (primary N) is 1. The number of hydrogen-bond donors (Lipinski definition) is 1. The smallest absolute Gasteiger partial charge is 0.123 e. The average Bonchev–Trinajstić information content (AvgIpc) is 2.20. The van der Waals surface area contributed by atoms with Gasteiger partial charge in [0.05, 0.1) is 5.69 Å². The lowest BCUT2D eigenvalue weighted by atomic mass is 10.2. The summed E-state index contributed by atoms with van der Waals surface area (Å²) in [5.41, 5.74) is 7.25. The second-order valence-corrected chi connectivity index (χ2v) is 2.57. The topological polar surface area (TPSA) is 64.7 Å². The van der Waals surface area contributed by atoms with Crippen molar-refractivity contribution in [2.75, 3.05) is 5.73 Å². The van der Waals surface area contributed by atoms with E-state index < -0.39 is 0 Å². The van der Waals surface area contributed by atoms with Crippen molar-refractivity contribution in [1.82, 2.24) is 15.0 Å². The first-order valence-corrected chi connectivity index (χ1v) is 3.84. The first-order valence-electron chi connectivity index (χ1n) is 3.84. The summed E-state index contributed by atoms with van der Waals surface area (Å²) in [5, 5.41) is 0. The van der Waals surface area contributed by atoms with Crippen LogP contribution in [0.2, 0.25) is 0 Å². The van der Waals surface area contributed by atoms with Crippen LogP contribution in [0.25, 0.3) is 11.3 Å². The molecule has 0 aliphatic heterocycles. The van der Waals surface area contributed by atoms with Crippen molar-refractivity contribution in [1.29, 1.82) is 0 Å². The minimum atomic E-state index is 0.512. The predicted molar refractivity (Wildman–Crippen MR) is 49.7 cm³/mol. The minimum absolute atomic E-state index is 0.512. The van der Waals surface area contributed by atoms with Gasteiger partial charge >= 0.3 is 0 Å². The lowest BCUT2D eigenvalue weighted by Crippen LogP contribution is -1.90. The molecule has 0 saturated heterocycles. The summed E-state index contributed by atoms with van der Waals surface area (Å²) in [5.74, 6) is 0.512. The first kappa shape index (κ1) is 7.67. The second-order valence-electron chi connectivity index (χ2n) is 2.57. The van der Waals surface area contributed by atoms with Crippen molar-refractivity contribution in [3.05, 3.63) is 36.9 Å². The van der Waals surface area contributed by atoms with E-state index in [-0.39, 0.29) is 0 Å². The Balaban J connectivity index is 2.42. The van der Waals surface area contributed by atoms with Crippen LogP contribution >= 0.6 is 0 Å². The molecular weight excluding hydrogens is 164 g/mol. The summed E-state index contributed by atoms with van der Waals surface area (Å²) in [6.45, 7) is 0. The summed E-state index contributed by atoms with van der Waals surface area (Å²) in [7, 11) is 0. The zero-order valence-corrected chi connectivity index (χ0v) is 6.88. The molecule has 0 spiro atoms. The van der Waals surface area contributed by atoms with Crippen LogP contribution in [0.4, 0.5) is 5.82 Å². The number of rotatable bonds is 1. The van der Waals surface area contributed by atoms with Crippen LogP contribution in [0.1, 0.15) is 0 Å². The van der Waals surface area contributed by atoms with Crippen LogP contribution < -0.4 is 5.73 Å². The normalized spacial score (nSPS) is 9.85. The Hall–Kier alpha value is -1.97. The van der Waals surface area contributed by atoms with E-state index in [9.17, 15) is 0 Å². The third-order valence-corrected chi connectivity index (χ3v) is 1.66. The van der Waals surface area contributed by atoms with E-state index in [1.807, 2.05) is 12.1 Å². The van der Waals surface area contributed by atoms with E-state index in [2.05, 4.69) is 15.0 Å². The van der Waals surface area contributed by atoms with Crippen molar-refractivity contribution in [2.45, 2.75) is 0 Å². The molecule has 2 aromatic heterocycles. The van der Waals surface area contributed by atoms with Gasteiger partial charge in [-0.1, -0.05) is 0 Å². The van der Waals surface area contributed by atoms with Gasteiger partial charge in [-0.25, -0.2) is 15.0 Å². The van der Waals surface area contributed by atoms with Gasteiger partial charge in [0.15, 0.2) is 0 Å². The van der Waals surface area contributed by atoms with Gasteiger partial charge in [-0.15, -0.1) is 0 Å². The van der Waals surface area contributed by atoms with Crippen molar-refractivity contribution in [3.63, 3.8) is 0 Å². The molecule has 0 fully saturated rings. The second kappa shape index (κ2) is 3.18. The molecule has 0 bridgehead atoms. The van der Waals surface area contributed by atoms with Gasteiger partial charge in [0.1, 0.15) is 12.1 Å². The number of hydrogen-bond acceptors (Lipinski definition) is 4. The Labute approximate surface area is 75.5 Å². The molecule has 4 heteroatoms. The van der Waals surface area contributed by atoms with E-state index in [1.54, 1.807) is 18.5 Å². The van der Waals surface area contributed by atoms with Crippen LogP contribution in [0.5, 0.6) is 0 Å². The average molecular weight is 172 g/mol. The van der Waals surface area contributed by atoms with E-state index in [4.69, 9.17) is 5.73 Å². The van der Waals surface area contributed by atoms with Crippen LogP contribution in [0, 0.1) is 0 Å². The fourth-order valence-electron chi connectivity index (χ4n) is 1.02. The molecule has 0 aliphatic carbocycles. The van der Waals surface area contributed by atoms with Crippen LogP contribution in [-0.4, -0.2) is 15.0 Å². The molecule has 2 heterocycles. The summed E-state index contributed by atoms with van der Waals surface area (Å²) >= 11 is 0. The van der Waals surface area contributed by atoms with Crippen LogP contribution in [0.15, 0.2) is 36.9 Å². The summed E-state index contributed by atoms with van der Waals surface area (Å²) in [6.07, 6.45) is 4.89. The quantitative estimate of drug-likeness (QED) is 0.700. The Morgan fingerprint density at radius 3 is 2.62 bits per heavy atom. The van der Waals surface area contributed by atoms with Crippen molar-refractivity contribution in [2.24, 2.45) is 0 Å². The Kier molecular flexibility index (Phi) is 1.88. The molecule has 2 aromatic rings. The molecule has 4 nitrogen and oxygen atoms in total. The molecule has 2 rings (SSSR count). The predicted octanol–water partition coefficient (Wildman–Crippen LogP) is 1.12. The fraction of sp³-hybridized carbons (Fsp3) is 0. The highest BCUT2D eigenvalue weighted by molar-refractivity contribution is 5.58. The number of nitrogen functional groups attached to an aromatic ring is 1. The van der Waals surface area contributed by atoms with E-state index >= 15 is 0 Å². The highest BCUT2D eigenvalue weighted by Gasteiger charge is 1.97. The molecule has 0 aliphatic rings. The fourth-order valence-corrected chi connectivity index (χ4v) is 1.02. The monoisotopic (exact) mass is 172 g/mol. The molecule has 0 aromatic carbocycles. The van der Waals surface area contributed by atoms with Gasteiger partial charge < -0.3 is 5.73 Å². The maximum atomic E-state index is 5.46. The lowest BCUT2D eigenvalue weighted by molar-refractivity contribution is 1.17. The molecule has 64 valence electrons. The summed E-state index contributed by atoms with van der Waals surface area (Å²) in [4.78, 5) is 11.9. The van der Waals surface area contributed by atoms with Gasteiger partial charge in [-0.05, 0) is 18.2 Å². The molecule has 0 saturated carbocycles. The number of pyridine rings is 1. The van der Waals surface area contributed by atoms with Gasteiger partial charge in [0, 0.05) is 18.0 Å². The van der Waals surface area contributed by atoms with Gasteiger partial charge in [0.25, 0.3) is 0 Å². The molecule has 0 amide bonds. The Morgan fingerprint density at radius 1 is 1.08 bits per heavy atom. The zero-order chi connectivity index (χ0) is 9.10. The maximum Gasteiger partial charge on any atom is 0.123 e. The lowest BCUT2D eigenvalue weighted by Gasteiger charge is -1.98. The van der Waals surface area contributed by atoms with Crippen LogP contribution in [-0.2, 0) is 0 Å². The van der Waals surface area contributed by atoms with E-state index in [0.717, 1.165) is 11.3 Å². The molecular formula is C9H8N4. The summed E-state index contributed by atoms with van der Waals surface area (Å²) < 4.78 is 0. The largest absolute Gasteiger partial charge is 0.384 e. The highest BCUT2D eigenvalue weighted by Crippen LogP contribution is 2.14. The van der Waals surface area contributed by atoms with Crippen molar-refractivity contribution in [3.8, 4) is 11.3 Å². The molecule has 0 unspecified atom stereocenters. The third-order valence-electron chi connectivity index (χ3n) is 1.66. The van der Waals surface area contributed by atoms with Crippen molar-refractivity contribution < 1.29 is 0 Å².